The lowest BCUT2D eigenvalue weighted by atomic mass is 9.91. The van der Waals surface area contributed by atoms with Crippen molar-refractivity contribution in [3.63, 3.8) is 0 Å². The number of aliphatic carboxylic acids is 1. The highest BCUT2D eigenvalue weighted by molar-refractivity contribution is 5.85. The molecule has 0 heterocycles. The van der Waals surface area contributed by atoms with Gasteiger partial charge in [0.25, 0.3) is 0 Å². The summed E-state index contributed by atoms with van der Waals surface area (Å²) in [5.74, 6) is -0.887. The average molecular weight is 390 g/mol. The van der Waals surface area contributed by atoms with Gasteiger partial charge in [0, 0.05) is 19.1 Å². The van der Waals surface area contributed by atoms with Gasteiger partial charge in [-0.15, -0.1) is 12.4 Å². The second kappa shape index (κ2) is 11.1. The molecular weight excluding hydrogens is 362 g/mol. The molecular formula is C22H28ClNO3. The molecule has 3 rings (SSSR count). The zero-order chi connectivity index (χ0) is 18.2. The Morgan fingerprint density at radius 2 is 1.37 bits per heavy atom. The summed E-state index contributed by atoms with van der Waals surface area (Å²) < 4.78 is 5.49. The second-order valence-electron chi connectivity index (χ2n) is 7.01. The predicted octanol–water partition coefficient (Wildman–Crippen LogP) is 4.52. The van der Waals surface area contributed by atoms with Crippen LogP contribution in [-0.2, 0) is 22.6 Å². The lowest BCUT2D eigenvalue weighted by Gasteiger charge is -2.37. The average Bonchev–Trinajstić information content (AvgIpc) is 2.68. The van der Waals surface area contributed by atoms with Crippen LogP contribution in [0.1, 0.15) is 36.8 Å². The van der Waals surface area contributed by atoms with Crippen LogP contribution in [0, 0.1) is 0 Å². The van der Waals surface area contributed by atoms with Gasteiger partial charge in [0.15, 0.2) is 0 Å². The summed E-state index contributed by atoms with van der Waals surface area (Å²) in [4.78, 5) is 13.2. The number of hydrogen-bond acceptors (Lipinski definition) is 3. The maximum absolute atomic E-state index is 10.7. The molecule has 0 amide bonds. The molecule has 0 radical (unpaired) electrons. The van der Waals surface area contributed by atoms with Crippen molar-refractivity contribution in [2.24, 2.45) is 0 Å². The van der Waals surface area contributed by atoms with E-state index in [-0.39, 0.29) is 25.1 Å². The maximum atomic E-state index is 10.7. The van der Waals surface area contributed by atoms with Crippen molar-refractivity contribution >= 4 is 18.4 Å². The predicted molar refractivity (Wildman–Crippen MR) is 109 cm³/mol. The Balaban J connectivity index is 0.00000261. The van der Waals surface area contributed by atoms with E-state index in [1.54, 1.807) is 0 Å². The van der Waals surface area contributed by atoms with Crippen LogP contribution >= 0.6 is 12.4 Å². The van der Waals surface area contributed by atoms with E-state index in [0.29, 0.717) is 6.04 Å². The molecule has 0 unspecified atom stereocenters. The van der Waals surface area contributed by atoms with Gasteiger partial charge in [0.1, 0.15) is 6.61 Å². The first kappa shape index (κ1) is 21.4. The molecule has 146 valence electrons. The fourth-order valence-electron chi connectivity index (χ4n) is 3.72. The van der Waals surface area contributed by atoms with Crippen molar-refractivity contribution in [3.8, 4) is 0 Å². The van der Waals surface area contributed by atoms with Crippen LogP contribution in [0.15, 0.2) is 60.7 Å². The molecule has 4 nitrogen and oxygen atoms in total. The number of nitrogens with zero attached hydrogens (tertiary/aromatic N) is 1. The van der Waals surface area contributed by atoms with Crippen LogP contribution < -0.4 is 0 Å². The number of carboxylic acids is 1. The van der Waals surface area contributed by atoms with Crippen molar-refractivity contribution < 1.29 is 14.6 Å². The highest BCUT2D eigenvalue weighted by atomic mass is 35.5. The third-order valence-corrected chi connectivity index (χ3v) is 5.06. The van der Waals surface area contributed by atoms with Crippen molar-refractivity contribution in [2.45, 2.75) is 50.9 Å². The van der Waals surface area contributed by atoms with E-state index in [9.17, 15) is 4.79 Å². The molecule has 0 aromatic heterocycles. The van der Waals surface area contributed by atoms with Crippen LogP contribution in [0.3, 0.4) is 0 Å². The highest BCUT2D eigenvalue weighted by Crippen LogP contribution is 2.27. The SMILES string of the molecule is Cl.O=C(O)COC1CCC(N(Cc2ccccc2)Cc2ccccc2)CC1. The molecule has 0 bridgehead atoms. The number of ether oxygens (including phenoxy) is 1. The van der Waals surface area contributed by atoms with E-state index in [0.717, 1.165) is 38.8 Å². The summed E-state index contributed by atoms with van der Waals surface area (Å²) in [7, 11) is 0. The molecule has 5 heteroatoms. The normalized spacial score (nSPS) is 19.4. The second-order valence-corrected chi connectivity index (χ2v) is 7.01. The van der Waals surface area contributed by atoms with Crippen molar-refractivity contribution in [1.29, 1.82) is 0 Å². The molecule has 1 saturated carbocycles. The standard InChI is InChI=1S/C22H27NO3.ClH/c24-22(25)17-26-21-13-11-20(12-14-21)23(15-18-7-3-1-4-8-18)16-19-9-5-2-6-10-19;/h1-10,20-21H,11-17H2,(H,24,25);1H. The molecule has 1 aliphatic carbocycles. The number of carbonyl (C=O) groups is 1. The fourth-order valence-corrected chi connectivity index (χ4v) is 3.72. The van der Waals surface area contributed by atoms with E-state index in [2.05, 4.69) is 65.6 Å². The van der Waals surface area contributed by atoms with E-state index in [1.165, 1.54) is 11.1 Å². The first-order valence-electron chi connectivity index (χ1n) is 9.36. The molecule has 1 N–H and O–H groups in total. The Morgan fingerprint density at radius 1 is 0.889 bits per heavy atom. The zero-order valence-corrected chi connectivity index (χ0v) is 16.3. The van der Waals surface area contributed by atoms with Crippen LogP contribution in [0.2, 0.25) is 0 Å². The van der Waals surface area contributed by atoms with Gasteiger partial charge in [0.2, 0.25) is 0 Å². The van der Waals surface area contributed by atoms with E-state index < -0.39 is 5.97 Å². The van der Waals surface area contributed by atoms with Crippen LogP contribution in [0.5, 0.6) is 0 Å². The Kier molecular flexibility index (Phi) is 8.79. The van der Waals surface area contributed by atoms with Gasteiger partial charge in [-0.3, -0.25) is 4.90 Å². The summed E-state index contributed by atoms with van der Waals surface area (Å²) in [5.41, 5.74) is 2.65. The van der Waals surface area contributed by atoms with Crippen LogP contribution in [-0.4, -0.2) is 34.7 Å². The number of hydrogen-bond donors (Lipinski definition) is 1. The van der Waals surface area contributed by atoms with Crippen molar-refractivity contribution in [1.82, 2.24) is 4.90 Å². The Bertz CT molecular complexity index is 631. The Labute approximate surface area is 167 Å². The quantitative estimate of drug-likeness (QED) is 0.721. The number of halogens is 1. The van der Waals surface area contributed by atoms with Gasteiger partial charge in [-0.1, -0.05) is 60.7 Å². The number of rotatable bonds is 8. The Morgan fingerprint density at radius 3 is 1.81 bits per heavy atom. The highest BCUT2D eigenvalue weighted by Gasteiger charge is 2.26. The molecule has 0 saturated heterocycles. The summed E-state index contributed by atoms with van der Waals surface area (Å²) in [6.45, 7) is 1.68. The minimum atomic E-state index is -0.887. The summed E-state index contributed by atoms with van der Waals surface area (Å²) in [5, 5.41) is 8.78. The molecule has 0 spiro atoms. The van der Waals surface area contributed by atoms with Gasteiger partial charge >= 0.3 is 5.97 Å². The topological polar surface area (TPSA) is 49.8 Å². The summed E-state index contributed by atoms with van der Waals surface area (Å²) >= 11 is 0. The zero-order valence-electron chi connectivity index (χ0n) is 15.5. The number of carboxylic acid groups (broad SMARTS) is 1. The van der Waals surface area contributed by atoms with Gasteiger partial charge in [-0.25, -0.2) is 4.79 Å². The monoisotopic (exact) mass is 389 g/mol. The summed E-state index contributed by atoms with van der Waals surface area (Å²) in [6, 6.07) is 21.7. The minimum absolute atomic E-state index is 0. The largest absolute Gasteiger partial charge is 0.480 e. The van der Waals surface area contributed by atoms with Crippen LogP contribution in [0.25, 0.3) is 0 Å². The summed E-state index contributed by atoms with van der Waals surface area (Å²) in [6.07, 6.45) is 4.03. The Hall–Kier alpha value is -1.88. The fraction of sp³-hybridized carbons (Fsp3) is 0.409. The van der Waals surface area contributed by atoms with E-state index in [1.807, 2.05) is 0 Å². The number of benzene rings is 2. The van der Waals surface area contributed by atoms with Gasteiger partial charge in [-0.05, 0) is 36.8 Å². The first-order valence-corrected chi connectivity index (χ1v) is 9.36. The molecule has 2 aromatic rings. The van der Waals surface area contributed by atoms with Crippen LogP contribution in [0.4, 0.5) is 0 Å². The molecule has 0 aliphatic heterocycles. The first-order chi connectivity index (χ1) is 12.7. The maximum Gasteiger partial charge on any atom is 0.329 e. The lowest BCUT2D eigenvalue weighted by molar-refractivity contribution is -0.145. The van der Waals surface area contributed by atoms with E-state index >= 15 is 0 Å². The third kappa shape index (κ3) is 6.98. The third-order valence-electron chi connectivity index (χ3n) is 5.06. The molecule has 1 fully saturated rings. The van der Waals surface area contributed by atoms with Gasteiger partial charge in [0.05, 0.1) is 6.10 Å². The smallest absolute Gasteiger partial charge is 0.329 e. The molecule has 1 aliphatic rings. The van der Waals surface area contributed by atoms with Crippen molar-refractivity contribution in [3.05, 3.63) is 71.8 Å². The molecule has 27 heavy (non-hydrogen) atoms. The van der Waals surface area contributed by atoms with Gasteiger partial charge < -0.3 is 9.84 Å². The van der Waals surface area contributed by atoms with E-state index in [4.69, 9.17) is 9.84 Å². The van der Waals surface area contributed by atoms with Crippen molar-refractivity contribution in [2.75, 3.05) is 6.61 Å². The lowest BCUT2D eigenvalue weighted by Crippen LogP contribution is -2.39. The molecule has 0 atom stereocenters. The minimum Gasteiger partial charge on any atom is -0.480 e. The molecule has 2 aromatic carbocycles. The van der Waals surface area contributed by atoms with Gasteiger partial charge in [-0.2, -0.15) is 0 Å².